The predicted octanol–water partition coefficient (Wildman–Crippen LogP) is -0.00626. The minimum Gasteiger partial charge on any atom is -0.379 e. The zero-order valence-corrected chi connectivity index (χ0v) is 67.9. The van der Waals surface area contributed by atoms with Crippen LogP contribution in [0.2, 0.25) is 0 Å². The van der Waals surface area contributed by atoms with Crippen molar-refractivity contribution in [2.45, 2.75) is 132 Å². The Labute approximate surface area is 703 Å². The summed E-state index contributed by atoms with van der Waals surface area (Å²) in [6.07, 6.45) is 10.5. The average Bonchev–Trinajstić information content (AvgIpc) is 1.67. The first kappa shape index (κ1) is 92.3. The monoisotopic (exact) mass is 1680 g/mol. The van der Waals surface area contributed by atoms with Crippen molar-refractivity contribution < 1.29 is 71.7 Å². The second kappa shape index (κ2) is 49.1. The van der Waals surface area contributed by atoms with E-state index in [1.54, 1.807) is 48.8 Å². The topological polar surface area (TPSA) is 584 Å². The van der Waals surface area contributed by atoms with E-state index in [1.807, 2.05) is 84.9 Å². The van der Waals surface area contributed by atoms with Crippen LogP contribution in [-0.2, 0) is 110 Å². The van der Waals surface area contributed by atoms with E-state index in [2.05, 4.69) is 93.7 Å². The van der Waals surface area contributed by atoms with E-state index in [4.69, 9.17) is 47.0 Å². The van der Waals surface area contributed by atoms with E-state index in [-0.39, 0.29) is 142 Å². The summed E-state index contributed by atoms with van der Waals surface area (Å²) in [7, 11) is 0. The van der Waals surface area contributed by atoms with Gasteiger partial charge >= 0.3 is 0 Å². The first-order valence-corrected chi connectivity index (χ1v) is 40.3. The highest BCUT2D eigenvalue weighted by molar-refractivity contribution is 5.98. The van der Waals surface area contributed by atoms with Crippen LogP contribution >= 0.6 is 0 Å². The standard InChI is InChI=1S/C84H109N23O15/c1-52(108)100-71(42-59-46-90-50-98-59)81(117)105-68(38-53-15-3-2-4-16-53)79(115)103-66(24-12-28-95-84(88)89)78(114)107-70(41-58-45-97-64-22-10-8-20-62(58)64)76(112)93-30-14-32-120-34-36-121-35-33-119-31-13-29-92-73(109)48-122-49-74(110)101-72(43-60-47-91-51-99-60)82(118)106-69(39-54-25-26-55-17-5-6-18-56(55)37-54)80(116)102-65(23-11-27-94-83(86)87)77(113)104-67(75(85)111)40-57-44-96-63-21-9-7-19-61(57)63/h2-10,15-22,25-26,37,44-47,50-51,65-72,96-97H,11-14,23-24,27-36,38-43,48-49H2,1H3,(H2,85,111)(H,90,98)(H,91,99)(H,92,109)(H,93,112)(H,100,108)(H,101,110)(H,102,116)(H,103,115)(H,104,113)(H,105,117)(H,106,118)(H,107,114)(H4,86,87,94)(H4,88,89,95)/t65-,66-,67-,68+,69+,70-,71-,72-/m0/s1. The molecule has 4 heterocycles. The van der Waals surface area contributed by atoms with Crippen LogP contribution in [0.5, 0.6) is 0 Å². The highest BCUT2D eigenvalue weighted by Gasteiger charge is 2.35. The fourth-order valence-corrected chi connectivity index (χ4v) is 13.4. The second-order valence-electron chi connectivity index (χ2n) is 29.1. The number of imidazole rings is 2. The minimum atomic E-state index is -1.36. The lowest BCUT2D eigenvalue weighted by molar-refractivity contribution is -0.135. The summed E-state index contributed by atoms with van der Waals surface area (Å²) >= 11 is 0. The number of guanidine groups is 2. The number of benzene rings is 5. The van der Waals surface area contributed by atoms with Gasteiger partial charge in [-0.25, -0.2) is 9.97 Å². The third kappa shape index (κ3) is 31.3. The molecule has 0 bridgehead atoms. The molecular weight excluding hydrogens is 1570 g/mol. The molecule has 38 nitrogen and oxygen atoms in total. The summed E-state index contributed by atoms with van der Waals surface area (Å²) in [6.45, 7) is 2.35. The zero-order valence-electron chi connectivity index (χ0n) is 67.9. The molecule has 0 aliphatic rings. The lowest BCUT2D eigenvalue weighted by Gasteiger charge is -2.27. The molecule has 9 rings (SSSR count). The van der Waals surface area contributed by atoms with Crippen LogP contribution in [0.15, 0.2) is 159 Å². The van der Waals surface area contributed by atoms with E-state index >= 15 is 0 Å². The molecule has 11 amide bonds. The fourth-order valence-electron chi connectivity index (χ4n) is 13.4. The molecular formula is C84H109N23O15. The Kier molecular flexibility index (Phi) is 37.1. The van der Waals surface area contributed by atoms with Gasteiger partial charge in [-0.3, -0.25) is 63.6 Å². The maximum absolute atomic E-state index is 14.7. The number of nitrogens with one attached hydrogen (secondary N) is 18. The van der Waals surface area contributed by atoms with Crippen molar-refractivity contribution >= 4 is 109 Å². The van der Waals surface area contributed by atoms with E-state index in [9.17, 15) is 52.7 Å². The molecule has 0 unspecified atom stereocenters. The number of fused-ring (bicyclic) bond motifs is 3. The molecule has 0 aliphatic carbocycles. The predicted molar refractivity (Wildman–Crippen MR) is 454 cm³/mol. The highest BCUT2D eigenvalue weighted by Crippen LogP contribution is 2.23. The van der Waals surface area contributed by atoms with Crippen molar-refractivity contribution in [1.29, 1.82) is 10.8 Å². The Morgan fingerprint density at radius 2 is 0.795 bits per heavy atom. The number of ether oxygens (including phenoxy) is 4. The summed E-state index contributed by atoms with van der Waals surface area (Å²) < 4.78 is 22.6. The van der Waals surface area contributed by atoms with Gasteiger partial charge in [-0.2, -0.15) is 0 Å². The van der Waals surface area contributed by atoms with E-state index in [0.29, 0.717) is 40.9 Å². The largest absolute Gasteiger partial charge is 0.379 e. The highest BCUT2D eigenvalue weighted by atomic mass is 16.5. The smallest absolute Gasteiger partial charge is 0.246 e. The number of aromatic nitrogens is 6. The van der Waals surface area contributed by atoms with Gasteiger partial charge in [0, 0.05) is 143 Å². The van der Waals surface area contributed by atoms with Gasteiger partial charge in [-0.05, 0) is 83.7 Å². The van der Waals surface area contributed by atoms with Gasteiger partial charge in [-0.1, -0.05) is 109 Å². The van der Waals surface area contributed by atoms with Crippen molar-refractivity contribution in [2.75, 3.05) is 79.0 Å². The lowest BCUT2D eigenvalue weighted by atomic mass is 9.99. The van der Waals surface area contributed by atoms with Gasteiger partial charge in [0.15, 0.2) is 11.9 Å². The van der Waals surface area contributed by atoms with Crippen molar-refractivity contribution in [3.8, 4) is 0 Å². The van der Waals surface area contributed by atoms with Gasteiger partial charge in [0.2, 0.25) is 65.0 Å². The van der Waals surface area contributed by atoms with Crippen molar-refractivity contribution in [3.05, 3.63) is 192 Å². The van der Waals surface area contributed by atoms with Crippen LogP contribution in [0, 0.1) is 10.8 Å². The van der Waals surface area contributed by atoms with Crippen LogP contribution < -0.4 is 81.0 Å². The quantitative estimate of drug-likeness (QED) is 0.0135. The Morgan fingerprint density at radius 3 is 1.30 bits per heavy atom. The van der Waals surface area contributed by atoms with Gasteiger partial charge in [-0.15, -0.1) is 0 Å². The summed E-state index contributed by atoms with van der Waals surface area (Å²) in [5.74, 6) is -8.06. The summed E-state index contributed by atoms with van der Waals surface area (Å²) in [5, 5.41) is 51.8. The normalized spacial score (nSPS) is 13.2. The maximum Gasteiger partial charge on any atom is 0.246 e. The third-order valence-electron chi connectivity index (χ3n) is 19.6. The summed E-state index contributed by atoms with van der Waals surface area (Å²) in [5.41, 5.74) is 22.4. The number of hydrogen-bond donors (Lipinski definition) is 21. The number of hydrogen-bond acceptors (Lipinski definition) is 19. The van der Waals surface area contributed by atoms with Crippen molar-refractivity contribution in [1.82, 2.24) is 93.7 Å². The van der Waals surface area contributed by atoms with Crippen LogP contribution in [0.3, 0.4) is 0 Å². The van der Waals surface area contributed by atoms with Gasteiger partial charge in [0.25, 0.3) is 0 Å². The number of rotatable bonds is 54. The molecule has 0 radical (unpaired) electrons. The number of H-pyrrole nitrogens is 4. The van der Waals surface area contributed by atoms with Gasteiger partial charge < -0.3 is 120 Å². The van der Waals surface area contributed by atoms with Crippen LogP contribution in [0.4, 0.5) is 0 Å². The summed E-state index contributed by atoms with van der Waals surface area (Å²) in [6, 6.07) is 27.0. The van der Waals surface area contributed by atoms with Crippen molar-refractivity contribution in [3.63, 3.8) is 0 Å². The van der Waals surface area contributed by atoms with Crippen molar-refractivity contribution in [2.24, 2.45) is 17.2 Å². The molecule has 24 N–H and O–H groups in total. The molecule has 0 saturated heterocycles. The van der Waals surface area contributed by atoms with E-state index in [0.717, 1.165) is 38.1 Å². The number of carbonyl (C=O) groups is 11. The van der Waals surface area contributed by atoms with Gasteiger partial charge in [0.05, 0.1) is 39.1 Å². The van der Waals surface area contributed by atoms with Crippen LogP contribution in [-0.4, -0.2) is 234 Å². The Balaban J connectivity index is 0.694. The molecule has 0 spiro atoms. The number of nitrogens with two attached hydrogens (primary N) is 3. The molecule has 5 aromatic carbocycles. The van der Waals surface area contributed by atoms with E-state index < -0.39 is 127 Å². The fraction of sp³-hybridized carbons (Fsp3) is 0.393. The molecule has 9 aromatic rings. The Bertz CT molecular complexity index is 4930. The second-order valence-corrected chi connectivity index (χ2v) is 29.1. The number of primary amides is 1. The molecule has 0 aliphatic heterocycles. The Morgan fingerprint density at radius 1 is 0.377 bits per heavy atom. The summed E-state index contributed by atoms with van der Waals surface area (Å²) in [4.78, 5) is 173. The Hall–Kier alpha value is -13.6. The minimum absolute atomic E-state index is 0.00455. The van der Waals surface area contributed by atoms with Crippen LogP contribution in [0.1, 0.15) is 79.1 Å². The first-order chi connectivity index (χ1) is 59.0. The molecule has 8 atom stereocenters. The molecule has 122 heavy (non-hydrogen) atoms. The molecule has 0 saturated carbocycles. The average molecular weight is 1680 g/mol. The number of aromatic amines is 4. The molecule has 38 heteroatoms. The SMILES string of the molecule is CC(=O)N[C@@H](Cc1cnc[nH]1)C(=O)N[C@H](Cc1ccccc1)C(=O)N[C@@H](CCCNC(=N)N)C(=O)N[C@@H](Cc1c[nH]c2ccccc12)C(=O)NCCCOCCOCCOCCCNC(=O)COCC(=O)N[C@@H](Cc1cnc[nH]1)C(=O)N[C@H](Cc1ccc2ccccc2c1)C(=O)N[C@@H](CCCNC(=N)N)C(=O)N[C@@H](Cc1c[nH]c2ccccc12)C(N)=O. The molecule has 0 fully saturated rings. The van der Waals surface area contributed by atoms with Crippen LogP contribution in [0.25, 0.3) is 32.6 Å². The third-order valence-corrected chi connectivity index (χ3v) is 19.6. The number of para-hydroxylation sites is 2. The molecule has 650 valence electrons. The first-order valence-electron chi connectivity index (χ1n) is 40.3. The maximum atomic E-state index is 14.7. The zero-order chi connectivity index (χ0) is 87.0. The van der Waals surface area contributed by atoms with Gasteiger partial charge in [0.1, 0.15) is 61.5 Å². The molecule has 4 aromatic heterocycles. The number of nitrogens with zero attached hydrogens (tertiary/aromatic N) is 2. The van der Waals surface area contributed by atoms with E-state index in [1.165, 1.54) is 32.0 Å². The number of amides is 11. The lowest BCUT2D eigenvalue weighted by Crippen LogP contribution is -2.59. The number of carbonyl (C=O) groups excluding carboxylic acids is 11.